The number of allylic oxidation sites excluding steroid dienone is 2. The molecule has 124 valence electrons. The van der Waals surface area contributed by atoms with Gasteiger partial charge < -0.3 is 9.90 Å². The lowest BCUT2D eigenvalue weighted by Crippen LogP contribution is -2.49. The van der Waals surface area contributed by atoms with E-state index in [1.165, 1.54) is 11.3 Å². The number of hydrogen-bond donors (Lipinski definition) is 2. The summed E-state index contributed by atoms with van der Waals surface area (Å²) in [5.41, 5.74) is 7.49. The molecule has 1 aliphatic rings. The van der Waals surface area contributed by atoms with Crippen molar-refractivity contribution >= 4 is 29.1 Å². The molecule has 0 fully saturated rings. The second-order valence-corrected chi connectivity index (χ2v) is 6.79. The van der Waals surface area contributed by atoms with Gasteiger partial charge in [0.25, 0.3) is 5.91 Å². The molecule has 2 amide bonds. The van der Waals surface area contributed by atoms with Gasteiger partial charge in [0.05, 0.1) is 10.8 Å². The standard InChI is InChI=1S/C16H20N2O4S/c1-8-4-5-23-13(8)15(20)18-17-14(19)11-6-9(2)10(3)7-12(11)16(21)22/h4-5,11-12H,6-7H2,1-3H3,(H,17,19)(H,18,20)(H,21,22)/p-1/t11-,12-/m0/s1. The van der Waals surface area contributed by atoms with Crippen LogP contribution in [0.15, 0.2) is 22.6 Å². The monoisotopic (exact) mass is 335 g/mol. The van der Waals surface area contributed by atoms with E-state index in [2.05, 4.69) is 10.9 Å². The van der Waals surface area contributed by atoms with Gasteiger partial charge >= 0.3 is 0 Å². The zero-order valence-corrected chi connectivity index (χ0v) is 14.1. The Labute approximate surface area is 138 Å². The fourth-order valence-electron chi connectivity index (χ4n) is 2.69. The summed E-state index contributed by atoms with van der Waals surface area (Å²) in [7, 11) is 0. The number of hydrazine groups is 1. The minimum Gasteiger partial charge on any atom is -0.550 e. The number of carbonyl (C=O) groups excluding carboxylic acids is 3. The van der Waals surface area contributed by atoms with E-state index in [1.54, 1.807) is 12.3 Å². The molecule has 7 heteroatoms. The minimum absolute atomic E-state index is 0.296. The van der Waals surface area contributed by atoms with Gasteiger partial charge in [0.15, 0.2) is 0 Å². The van der Waals surface area contributed by atoms with Gasteiger partial charge in [0, 0.05) is 11.9 Å². The van der Waals surface area contributed by atoms with Crippen LogP contribution in [0.1, 0.15) is 41.9 Å². The summed E-state index contributed by atoms with van der Waals surface area (Å²) in [5.74, 6) is -3.77. The Morgan fingerprint density at radius 3 is 2.22 bits per heavy atom. The summed E-state index contributed by atoms with van der Waals surface area (Å²) in [5, 5.41) is 13.1. The van der Waals surface area contributed by atoms with Crippen LogP contribution in [-0.2, 0) is 9.59 Å². The first-order valence-corrected chi connectivity index (χ1v) is 8.19. The van der Waals surface area contributed by atoms with Crippen molar-refractivity contribution < 1.29 is 19.5 Å². The summed E-state index contributed by atoms with van der Waals surface area (Å²) < 4.78 is 0. The van der Waals surface area contributed by atoms with Gasteiger partial charge in [0.1, 0.15) is 0 Å². The molecule has 0 aromatic carbocycles. The Bertz CT molecular complexity index is 677. The minimum atomic E-state index is -1.24. The van der Waals surface area contributed by atoms with Gasteiger partial charge in [-0.05, 0) is 50.6 Å². The second kappa shape index (κ2) is 6.95. The average molecular weight is 335 g/mol. The highest BCUT2D eigenvalue weighted by Crippen LogP contribution is 2.33. The van der Waals surface area contributed by atoms with Crippen molar-refractivity contribution in [3.63, 3.8) is 0 Å². The Kier molecular flexibility index (Phi) is 5.20. The molecule has 0 bridgehead atoms. The van der Waals surface area contributed by atoms with E-state index in [0.29, 0.717) is 17.7 Å². The molecule has 0 unspecified atom stereocenters. The van der Waals surface area contributed by atoms with Crippen molar-refractivity contribution in [1.82, 2.24) is 10.9 Å². The largest absolute Gasteiger partial charge is 0.550 e. The highest BCUT2D eigenvalue weighted by atomic mass is 32.1. The zero-order chi connectivity index (χ0) is 17.1. The first-order chi connectivity index (χ1) is 10.8. The molecule has 0 radical (unpaired) electrons. The third-order valence-electron chi connectivity index (χ3n) is 4.27. The van der Waals surface area contributed by atoms with Crippen LogP contribution in [0.3, 0.4) is 0 Å². The predicted octanol–water partition coefficient (Wildman–Crippen LogP) is 0.930. The molecule has 1 aromatic rings. The van der Waals surface area contributed by atoms with Crippen molar-refractivity contribution in [1.29, 1.82) is 0 Å². The molecular formula is C16H19N2O4S-. The fraction of sp³-hybridized carbons (Fsp3) is 0.438. The number of carboxylic acid groups (broad SMARTS) is 1. The van der Waals surface area contributed by atoms with Crippen LogP contribution in [-0.4, -0.2) is 17.8 Å². The molecule has 0 saturated heterocycles. The molecule has 2 N–H and O–H groups in total. The number of aryl methyl sites for hydroxylation is 1. The van der Waals surface area contributed by atoms with Crippen LogP contribution in [0.4, 0.5) is 0 Å². The summed E-state index contributed by atoms with van der Waals surface area (Å²) >= 11 is 1.28. The van der Waals surface area contributed by atoms with E-state index in [-0.39, 0.29) is 0 Å². The van der Waals surface area contributed by atoms with Gasteiger partial charge in [-0.2, -0.15) is 0 Å². The number of hydrogen-bond acceptors (Lipinski definition) is 5. The van der Waals surface area contributed by atoms with Crippen molar-refractivity contribution in [2.24, 2.45) is 11.8 Å². The number of aliphatic carboxylic acids is 1. The van der Waals surface area contributed by atoms with Crippen LogP contribution in [0, 0.1) is 18.8 Å². The van der Waals surface area contributed by atoms with Gasteiger partial charge in [-0.3, -0.25) is 20.4 Å². The number of carbonyl (C=O) groups is 3. The maximum Gasteiger partial charge on any atom is 0.280 e. The van der Waals surface area contributed by atoms with Crippen LogP contribution in [0.25, 0.3) is 0 Å². The molecule has 1 heterocycles. The third kappa shape index (κ3) is 3.79. The quantitative estimate of drug-likeness (QED) is 0.634. The number of carboxylic acids is 1. The molecule has 0 spiro atoms. The molecule has 23 heavy (non-hydrogen) atoms. The first-order valence-electron chi connectivity index (χ1n) is 7.31. The maximum absolute atomic E-state index is 12.3. The fourth-order valence-corrected chi connectivity index (χ4v) is 3.51. The van der Waals surface area contributed by atoms with E-state index in [4.69, 9.17) is 0 Å². The Morgan fingerprint density at radius 2 is 1.70 bits per heavy atom. The van der Waals surface area contributed by atoms with Crippen LogP contribution < -0.4 is 16.0 Å². The predicted molar refractivity (Wildman–Crippen MR) is 84.3 cm³/mol. The van der Waals surface area contributed by atoms with Gasteiger partial charge in [-0.1, -0.05) is 11.1 Å². The molecule has 2 atom stereocenters. The molecule has 6 nitrogen and oxygen atoms in total. The molecule has 1 aliphatic carbocycles. The number of thiophene rings is 1. The van der Waals surface area contributed by atoms with Crippen LogP contribution in [0.5, 0.6) is 0 Å². The summed E-state index contributed by atoms with van der Waals surface area (Å²) in [6, 6.07) is 1.81. The van der Waals surface area contributed by atoms with E-state index in [1.807, 2.05) is 19.9 Å². The highest BCUT2D eigenvalue weighted by Gasteiger charge is 2.33. The van der Waals surface area contributed by atoms with E-state index in [0.717, 1.165) is 16.7 Å². The average Bonchev–Trinajstić information content (AvgIpc) is 2.92. The molecule has 1 aromatic heterocycles. The first kappa shape index (κ1) is 17.2. The number of nitrogens with one attached hydrogen (secondary N) is 2. The molecule has 2 rings (SSSR count). The lowest BCUT2D eigenvalue weighted by Gasteiger charge is -2.32. The lowest BCUT2D eigenvalue weighted by atomic mass is 9.76. The molecule has 0 aliphatic heterocycles. The second-order valence-electron chi connectivity index (χ2n) is 5.88. The van der Waals surface area contributed by atoms with Crippen molar-refractivity contribution in [2.45, 2.75) is 33.6 Å². The lowest BCUT2D eigenvalue weighted by molar-refractivity contribution is -0.313. The topological polar surface area (TPSA) is 98.3 Å². The van der Waals surface area contributed by atoms with Gasteiger partial charge in [-0.25, -0.2) is 0 Å². The highest BCUT2D eigenvalue weighted by molar-refractivity contribution is 7.12. The van der Waals surface area contributed by atoms with Crippen molar-refractivity contribution in [3.8, 4) is 0 Å². The zero-order valence-electron chi connectivity index (χ0n) is 13.3. The summed E-state index contributed by atoms with van der Waals surface area (Å²) in [4.78, 5) is 36.1. The SMILES string of the molecule is CC1=C(C)C[C@H](C(=O)NNC(=O)c2sccc2C)[C@@H](C(=O)[O-])C1. The van der Waals surface area contributed by atoms with Crippen molar-refractivity contribution in [2.75, 3.05) is 0 Å². The number of amides is 2. The Hall–Kier alpha value is -2.15. The van der Waals surface area contributed by atoms with Crippen LogP contribution in [0.2, 0.25) is 0 Å². The normalized spacial score (nSPS) is 21.0. The Balaban J connectivity index is 2.03. The number of rotatable bonds is 3. The van der Waals surface area contributed by atoms with E-state index in [9.17, 15) is 19.5 Å². The van der Waals surface area contributed by atoms with Crippen molar-refractivity contribution in [3.05, 3.63) is 33.0 Å². The van der Waals surface area contributed by atoms with E-state index >= 15 is 0 Å². The van der Waals surface area contributed by atoms with Gasteiger partial charge in [-0.15, -0.1) is 11.3 Å². The summed E-state index contributed by atoms with van der Waals surface area (Å²) in [6.07, 6.45) is 0.647. The maximum atomic E-state index is 12.3. The van der Waals surface area contributed by atoms with Gasteiger partial charge in [0.2, 0.25) is 5.91 Å². The summed E-state index contributed by atoms with van der Waals surface area (Å²) in [6.45, 7) is 5.55. The smallest absolute Gasteiger partial charge is 0.280 e. The Morgan fingerprint density at radius 1 is 1.09 bits per heavy atom. The van der Waals surface area contributed by atoms with Crippen LogP contribution >= 0.6 is 11.3 Å². The molecule has 0 saturated carbocycles. The third-order valence-corrected chi connectivity index (χ3v) is 5.29. The van der Waals surface area contributed by atoms with E-state index < -0.39 is 29.6 Å². The molecular weight excluding hydrogens is 316 g/mol.